The highest BCUT2D eigenvalue weighted by Gasteiger charge is 2.25. The molecule has 4 heteroatoms. The van der Waals surface area contributed by atoms with Gasteiger partial charge in [-0.05, 0) is 79.2 Å². The number of rotatable bonds is 5. The van der Waals surface area contributed by atoms with Gasteiger partial charge >= 0.3 is 0 Å². The maximum absolute atomic E-state index is 9.50. The van der Waals surface area contributed by atoms with Gasteiger partial charge in [0, 0.05) is 11.1 Å². The monoisotopic (exact) mass is 393 g/mol. The normalized spacial score (nSPS) is 12.0. The Kier molecular flexibility index (Phi) is 5.80. The van der Waals surface area contributed by atoms with Crippen LogP contribution in [0.2, 0.25) is 13.1 Å². The van der Waals surface area contributed by atoms with Crippen LogP contribution >= 0.6 is 0 Å². The number of hydrogen-bond donors (Lipinski definition) is 1. The van der Waals surface area contributed by atoms with Crippen molar-refractivity contribution in [1.29, 1.82) is 0 Å². The quantitative estimate of drug-likeness (QED) is 0.566. The number of pyridine rings is 1. The van der Waals surface area contributed by atoms with E-state index in [-0.39, 0.29) is 5.41 Å². The molecule has 148 valence electrons. The summed E-state index contributed by atoms with van der Waals surface area (Å²) in [6, 6.07) is 13.7. The highest BCUT2D eigenvalue weighted by Crippen LogP contribution is 2.38. The summed E-state index contributed by atoms with van der Waals surface area (Å²) in [5, 5.41) is 10.7. The molecule has 3 aromatic rings. The lowest BCUT2D eigenvalue weighted by atomic mass is 9.80. The van der Waals surface area contributed by atoms with Crippen molar-refractivity contribution in [3.05, 3.63) is 64.8 Å². The minimum absolute atomic E-state index is 0.00341. The summed E-state index contributed by atoms with van der Waals surface area (Å²) in [7, 11) is -1.21. The number of aromatic nitrogens is 1. The Morgan fingerprint density at radius 3 is 2.29 bits per heavy atom. The van der Waals surface area contributed by atoms with E-state index in [0.29, 0.717) is 5.75 Å². The van der Waals surface area contributed by atoms with Gasteiger partial charge in [-0.25, -0.2) is 0 Å². The molecule has 1 N–H and O–H groups in total. The van der Waals surface area contributed by atoms with E-state index in [2.05, 4.69) is 52.9 Å². The smallest absolute Gasteiger partial charge is 0.229 e. The van der Waals surface area contributed by atoms with Gasteiger partial charge in [0.15, 0.2) is 0 Å². The first kappa shape index (κ1) is 20.4. The average molecular weight is 394 g/mol. The number of phenols is 1. The second-order valence-electron chi connectivity index (χ2n) is 8.79. The van der Waals surface area contributed by atoms with Crippen LogP contribution in [0.5, 0.6) is 11.5 Å². The highest BCUT2D eigenvalue weighted by molar-refractivity contribution is 6.49. The van der Waals surface area contributed by atoms with Gasteiger partial charge in [0.2, 0.25) is 9.04 Å². The SMILES string of the molecule is Cc1c(CCc2ccc(O)cc2)nc2cccc(O[SiH](C)C)c2c1C(C)(C)C. The van der Waals surface area contributed by atoms with E-state index >= 15 is 0 Å². The van der Waals surface area contributed by atoms with Gasteiger partial charge in [-0.3, -0.25) is 4.98 Å². The molecule has 3 nitrogen and oxygen atoms in total. The second-order valence-corrected chi connectivity index (χ2v) is 11.1. The van der Waals surface area contributed by atoms with E-state index in [9.17, 15) is 5.11 Å². The van der Waals surface area contributed by atoms with Crippen LogP contribution in [0.1, 0.15) is 43.2 Å². The number of aryl methyl sites for hydroxylation is 2. The predicted octanol–water partition coefficient (Wildman–Crippen LogP) is 5.69. The summed E-state index contributed by atoms with van der Waals surface area (Å²) in [6.07, 6.45) is 1.78. The molecule has 1 aromatic heterocycles. The Morgan fingerprint density at radius 1 is 1.00 bits per heavy atom. The van der Waals surface area contributed by atoms with Crippen LogP contribution in [0.15, 0.2) is 42.5 Å². The lowest BCUT2D eigenvalue weighted by Gasteiger charge is -2.27. The molecule has 0 saturated carbocycles. The number of fused-ring (bicyclic) bond motifs is 1. The molecule has 0 amide bonds. The van der Waals surface area contributed by atoms with E-state index in [1.165, 1.54) is 22.1 Å². The molecule has 0 aliphatic carbocycles. The van der Waals surface area contributed by atoms with Crippen LogP contribution in [0.4, 0.5) is 0 Å². The zero-order chi connectivity index (χ0) is 20.5. The lowest BCUT2D eigenvalue weighted by Crippen LogP contribution is -2.18. The number of aromatic hydroxyl groups is 1. The molecular formula is C24H31NO2Si. The molecule has 0 spiro atoms. The van der Waals surface area contributed by atoms with Gasteiger partial charge in [0.1, 0.15) is 11.5 Å². The molecule has 0 radical (unpaired) electrons. The molecule has 3 rings (SSSR count). The first-order valence-corrected chi connectivity index (χ1v) is 12.8. The van der Waals surface area contributed by atoms with Gasteiger partial charge in [-0.15, -0.1) is 0 Å². The van der Waals surface area contributed by atoms with Gasteiger partial charge in [0.25, 0.3) is 0 Å². The van der Waals surface area contributed by atoms with Crippen molar-refractivity contribution >= 4 is 19.9 Å². The Morgan fingerprint density at radius 2 is 1.68 bits per heavy atom. The van der Waals surface area contributed by atoms with Crippen LogP contribution in [-0.4, -0.2) is 19.1 Å². The maximum Gasteiger partial charge on any atom is 0.229 e. The Balaban J connectivity index is 2.09. The molecule has 0 atom stereocenters. The summed E-state index contributed by atoms with van der Waals surface area (Å²) in [4.78, 5) is 5.04. The fraction of sp³-hybridized carbons (Fsp3) is 0.375. The van der Waals surface area contributed by atoms with E-state index in [1.807, 2.05) is 18.2 Å². The zero-order valence-corrected chi connectivity index (χ0v) is 19.0. The molecular weight excluding hydrogens is 362 g/mol. The lowest BCUT2D eigenvalue weighted by molar-refractivity contribution is 0.475. The molecule has 0 bridgehead atoms. The van der Waals surface area contributed by atoms with Crippen molar-refractivity contribution in [2.45, 2.75) is 59.0 Å². The molecule has 0 fully saturated rings. The third-order valence-corrected chi connectivity index (χ3v) is 5.74. The highest BCUT2D eigenvalue weighted by atomic mass is 28.3. The van der Waals surface area contributed by atoms with Crippen LogP contribution < -0.4 is 4.43 Å². The summed E-state index contributed by atoms with van der Waals surface area (Å²) >= 11 is 0. The molecule has 28 heavy (non-hydrogen) atoms. The van der Waals surface area contributed by atoms with Crippen LogP contribution in [0.25, 0.3) is 10.9 Å². The predicted molar refractivity (Wildman–Crippen MR) is 120 cm³/mol. The van der Waals surface area contributed by atoms with E-state index < -0.39 is 9.04 Å². The third kappa shape index (κ3) is 4.38. The number of phenolic OH excluding ortho intramolecular Hbond substituents is 1. The number of benzene rings is 2. The van der Waals surface area contributed by atoms with Crippen LogP contribution in [0.3, 0.4) is 0 Å². The zero-order valence-electron chi connectivity index (χ0n) is 17.8. The van der Waals surface area contributed by atoms with Crippen molar-refractivity contribution < 1.29 is 9.53 Å². The molecule has 0 aliphatic heterocycles. The topological polar surface area (TPSA) is 42.4 Å². The molecule has 1 heterocycles. The van der Waals surface area contributed by atoms with Crippen molar-refractivity contribution in [3.63, 3.8) is 0 Å². The van der Waals surface area contributed by atoms with Gasteiger partial charge in [0.05, 0.1) is 5.52 Å². The summed E-state index contributed by atoms with van der Waals surface area (Å²) in [5.41, 5.74) is 5.96. The molecule has 0 aliphatic rings. The van der Waals surface area contributed by atoms with Crippen LogP contribution in [0, 0.1) is 6.92 Å². The summed E-state index contributed by atoms with van der Waals surface area (Å²) in [6.45, 7) is 13.4. The maximum atomic E-state index is 9.50. The number of hydrogen-bond acceptors (Lipinski definition) is 3. The first-order valence-electron chi connectivity index (χ1n) is 10.0. The van der Waals surface area contributed by atoms with Crippen molar-refractivity contribution in [2.24, 2.45) is 0 Å². The standard InChI is InChI=1S/C24H31NO2Si/c1-16-19(15-12-17-10-13-18(26)14-11-17)25-20-8-7-9-21(27-28(5)6)22(20)23(16)24(2,3)4/h7-11,13-14,26,28H,12,15H2,1-6H3. The van der Waals surface area contributed by atoms with Crippen molar-refractivity contribution in [1.82, 2.24) is 4.98 Å². The Bertz CT molecular complexity index is 973. The minimum atomic E-state index is -1.21. The van der Waals surface area contributed by atoms with Crippen LogP contribution in [-0.2, 0) is 18.3 Å². The number of nitrogens with zero attached hydrogens (tertiary/aromatic N) is 1. The minimum Gasteiger partial charge on any atom is -0.547 e. The Labute approximate surface area is 170 Å². The van der Waals surface area contributed by atoms with E-state index in [1.54, 1.807) is 12.1 Å². The average Bonchev–Trinajstić information content (AvgIpc) is 2.60. The van der Waals surface area contributed by atoms with Gasteiger partial charge in [-0.2, -0.15) is 0 Å². The first-order chi connectivity index (χ1) is 13.2. The van der Waals surface area contributed by atoms with Gasteiger partial charge < -0.3 is 9.53 Å². The Hall–Kier alpha value is -2.33. The fourth-order valence-corrected chi connectivity index (χ4v) is 4.59. The molecule has 0 saturated heterocycles. The molecule has 2 aromatic carbocycles. The van der Waals surface area contributed by atoms with Crippen molar-refractivity contribution in [3.8, 4) is 11.5 Å². The second kappa shape index (κ2) is 7.96. The summed E-state index contributed by atoms with van der Waals surface area (Å²) < 4.78 is 6.27. The fourth-order valence-electron chi connectivity index (χ4n) is 3.88. The van der Waals surface area contributed by atoms with E-state index in [4.69, 9.17) is 9.41 Å². The van der Waals surface area contributed by atoms with E-state index in [0.717, 1.165) is 29.8 Å². The molecule has 0 unspecified atom stereocenters. The van der Waals surface area contributed by atoms with Crippen molar-refractivity contribution in [2.75, 3.05) is 0 Å². The third-order valence-electron chi connectivity index (χ3n) is 5.02. The largest absolute Gasteiger partial charge is 0.547 e. The summed E-state index contributed by atoms with van der Waals surface area (Å²) in [5.74, 6) is 1.28. The van der Waals surface area contributed by atoms with Gasteiger partial charge in [-0.1, -0.05) is 39.0 Å².